The number of hydrazone groups is 1. The zero-order valence-electron chi connectivity index (χ0n) is 19.0. The lowest BCUT2D eigenvalue weighted by atomic mass is 10.0. The topological polar surface area (TPSA) is 65.9 Å². The van der Waals surface area contributed by atoms with E-state index in [9.17, 15) is 0 Å². The molecule has 6 rings (SSSR count). The predicted octanol–water partition coefficient (Wildman–Crippen LogP) is 5.52. The first-order chi connectivity index (χ1) is 16.8. The number of rotatable bonds is 5. The van der Waals surface area contributed by atoms with Crippen molar-refractivity contribution in [3.63, 3.8) is 0 Å². The minimum Gasteiger partial charge on any atom is -0.378 e. The molecular weight excluding hydrogens is 444 g/mol. The monoisotopic (exact) mass is 470 g/mol. The normalized spacial score (nSPS) is 18.1. The molecule has 2 aromatic carbocycles. The molecule has 1 N–H and O–H groups in total. The van der Waals surface area contributed by atoms with E-state index in [0.717, 1.165) is 60.0 Å². The molecule has 0 spiro atoms. The van der Waals surface area contributed by atoms with Gasteiger partial charge in [0.25, 0.3) is 0 Å². The van der Waals surface area contributed by atoms with Crippen LogP contribution in [0, 0.1) is 6.92 Å². The van der Waals surface area contributed by atoms with Crippen molar-refractivity contribution in [2.75, 3.05) is 41.5 Å². The molecule has 2 aromatic heterocycles. The third kappa shape index (κ3) is 3.99. The van der Waals surface area contributed by atoms with Crippen molar-refractivity contribution in [2.24, 2.45) is 5.10 Å². The van der Waals surface area contributed by atoms with Crippen molar-refractivity contribution in [1.29, 1.82) is 0 Å². The molecule has 172 valence electrons. The van der Waals surface area contributed by atoms with Crippen LogP contribution in [0.2, 0.25) is 0 Å². The van der Waals surface area contributed by atoms with Crippen LogP contribution in [0.3, 0.4) is 0 Å². The summed E-state index contributed by atoms with van der Waals surface area (Å²) in [5, 5.41) is 12.3. The molecule has 34 heavy (non-hydrogen) atoms. The summed E-state index contributed by atoms with van der Waals surface area (Å²) in [6.45, 7) is 5.52. The highest BCUT2D eigenvalue weighted by Gasteiger charge is 2.28. The number of ether oxygens (including phenoxy) is 1. The van der Waals surface area contributed by atoms with Gasteiger partial charge in [-0.25, -0.2) is 9.99 Å². The first kappa shape index (κ1) is 21.1. The van der Waals surface area contributed by atoms with E-state index in [4.69, 9.17) is 19.8 Å². The summed E-state index contributed by atoms with van der Waals surface area (Å²) in [5.41, 5.74) is 5.53. The number of aromatic nitrogens is 2. The smallest absolute Gasteiger partial charge is 0.229 e. The number of nitrogens with one attached hydrogen (secondary N) is 1. The molecule has 0 bridgehead atoms. The Labute approximate surface area is 202 Å². The molecule has 0 radical (unpaired) electrons. The van der Waals surface area contributed by atoms with E-state index < -0.39 is 0 Å². The van der Waals surface area contributed by atoms with Crippen molar-refractivity contribution in [2.45, 2.75) is 19.4 Å². The van der Waals surface area contributed by atoms with Crippen LogP contribution in [-0.4, -0.2) is 42.5 Å². The number of aryl methyl sites for hydroxylation is 1. The highest BCUT2D eigenvalue weighted by Crippen LogP contribution is 2.38. The summed E-state index contributed by atoms with van der Waals surface area (Å²) in [4.78, 5) is 12.1. The highest BCUT2D eigenvalue weighted by molar-refractivity contribution is 7.17. The van der Waals surface area contributed by atoms with Crippen LogP contribution in [0.5, 0.6) is 0 Å². The van der Waals surface area contributed by atoms with Crippen LogP contribution in [0.15, 0.2) is 65.1 Å². The number of anilines is 4. The van der Waals surface area contributed by atoms with Gasteiger partial charge in [0, 0.05) is 37.1 Å². The van der Waals surface area contributed by atoms with E-state index >= 15 is 0 Å². The third-order valence-electron chi connectivity index (χ3n) is 6.35. The second-order valence-corrected chi connectivity index (χ2v) is 9.45. The highest BCUT2D eigenvalue weighted by atomic mass is 32.1. The molecule has 1 saturated heterocycles. The van der Waals surface area contributed by atoms with Crippen LogP contribution in [0.25, 0.3) is 10.2 Å². The van der Waals surface area contributed by atoms with Crippen LogP contribution < -0.4 is 15.2 Å². The lowest BCUT2D eigenvalue weighted by Gasteiger charge is -2.29. The van der Waals surface area contributed by atoms with Crippen LogP contribution >= 0.6 is 11.3 Å². The number of benzene rings is 2. The summed E-state index contributed by atoms with van der Waals surface area (Å²) < 4.78 is 6.53. The Bertz CT molecular complexity index is 1330. The molecule has 2 aliphatic rings. The van der Waals surface area contributed by atoms with Crippen molar-refractivity contribution in [3.8, 4) is 0 Å². The number of hydrogen-bond donors (Lipinski definition) is 1. The molecule has 2 aliphatic heterocycles. The van der Waals surface area contributed by atoms with E-state index in [-0.39, 0.29) is 6.04 Å². The molecule has 8 heteroatoms. The minimum absolute atomic E-state index is 0.129. The second kappa shape index (κ2) is 9.04. The van der Waals surface area contributed by atoms with Crippen LogP contribution in [0.1, 0.15) is 23.6 Å². The van der Waals surface area contributed by atoms with Gasteiger partial charge in [0.2, 0.25) is 5.95 Å². The van der Waals surface area contributed by atoms with Gasteiger partial charge in [-0.1, -0.05) is 30.3 Å². The fourth-order valence-corrected chi connectivity index (χ4v) is 5.37. The number of thiophene rings is 1. The fourth-order valence-electron chi connectivity index (χ4n) is 4.56. The average molecular weight is 471 g/mol. The number of hydrogen-bond acceptors (Lipinski definition) is 8. The van der Waals surface area contributed by atoms with Gasteiger partial charge in [-0.05, 0) is 47.7 Å². The van der Waals surface area contributed by atoms with Crippen LogP contribution in [0.4, 0.5) is 23.1 Å². The molecule has 1 unspecified atom stereocenters. The molecule has 0 amide bonds. The quantitative estimate of drug-likeness (QED) is 0.414. The van der Waals surface area contributed by atoms with Gasteiger partial charge in [-0.2, -0.15) is 10.1 Å². The third-order valence-corrected chi connectivity index (χ3v) is 7.25. The maximum atomic E-state index is 5.49. The molecule has 1 atom stereocenters. The van der Waals surface area contributed by atoms with E-state index in [1.54, 1.807) is 11.3 Å². The molecule has 0 saturated carbocycles. The summed E-state index contributed by atoms with van der Waals surface area (Å²) in [6.07, 6.45) is 2.83. The number of nitrogens with zero attached hydrogens (tertiary/aromatic N) is 5. The summed E-state index contributed by atoms with van der Waals surface area (Å²) in [5.74, 6) is 1.42. The second-order valence-electron chi connectivity index (χ2n) is 8.53. The van der Waals surface area contributed by atoms with Crippen molar-refractivity contribution in [1.82, 2.24) is 9.97 Å². The molecule has 0 aliphatic carbocycles. The van der Waals surface area contributed by atoms with Gasteiger partial charge in [-0.15, -0.1) is 11.3 Å². The Morgan fingerprint density at radius 2 is 1.88 bits per heavy atom. The van der Waals surface area contributed by atoms with Crippen molar-refractivity contribution >= 4 is 50.9 Å². The van der Waals surface area contributed by atoms with Crippen LogP contribution in [-0.2, 0) is 4.74 Å². The van der Waals surface area contributed by atoms with E-state index in [1.165, 1.54) is 11.3 Å². The van der Waals surface area contributed by atoms with Gasteiger partial charge in [-0.3, -0.25) is 0 Å². The van der Waals surface area contributed by atoms with Crippen molar-refractivity contribution in [3.05, 3.63) is 71.1 Å². The standard InChI is InChI=1S/C26H26N6OS/c1-18-17-20(31-12-14-33-15-13-31)7-8-21(18)28-26-29-22-10-16-34-24(22)25(30-26)32-23(9-11-27-32)19-5-3-2-4-6-19/h2-8,10-11,16-17,23H,9,12-15H2,1H3,(H,28,29,30). The molecule has 1 fully saturated rings. The van der Waals surface area contributed by atoms with Gasteiger partial charge in [0.05, 0.1) is 29.5 Å². The fraction of sp³-hybridized carbons (Fsp3) is 0.269. The lowest BCUT2D eigenvalue weighted by Crippen LogP contribution is -2.36. The molecule has 4 aromatic rings. The van der Waals surface area contributed by atoms with Crippen molar-refractivity contribution < 1.29 is 4.74 Å². The Morgan fingerprint density at radius 3 is 2.71 bits per heavy atom. The molecule has 7 nitrogen and oxygen atoms in total. The SMILES string of the molecule is Cc1cc(N2CCOCC2)ccc1Nc1nc(N2N=CCC2c2ccccc2)c2sccc2n1. The Kier molecular flexibility index (Phi) is 5.60. The van der Waals surface area contributed by atoms with E-state index in [1.807, 2.05) is 23.4 Å². The van der Waals surface area contributed by atoms with E-state index in [0.29, 0.717) is 5.95 Å². The van der Waals surface area contributed by atoms with Gasteiger partial charge in [0.1, 0.15) is 0 Å². The Hall–Kier alpha value is -3.49. The summed E-state index contributed by atoms with van der Waals surface area (Å²) in [6, 6.07) is 19.1. The summed E-state index contributed by atoms with van der Waals surface area (Å²) in [7, 11) is 0. The number of morpholine rings is 1. The lowest BCUT2D eigenvalue weighted by molar-refractivity contribution is 0.122. The van der Waals surface area contributed by atoms with Gasteiger partial charge < -0.3 is 15.0 Å². The minimum atomic E-state index is 0.129. The molecular formula is C26H26N6OS. The van der Waals surface area contributed by atoms with Gasteiger partial charge in [0.15, 0.2) is 5.82 Å². The zero-order valence-corrected chi connectivity index (χ0v) is 19.8. The average Bonchev–Trinajstić information content (AvgIpc) is 3.56. The van der Waals surface area contributed by atoms with Gasteiger partial charge >= 0.3 is 0 Å². The first-order valence-electron chi connectivity index (χ1n) is 11.6. The first-order valence-corrected chi connectivity index (χ1v) is 12.5. The molecule has 4 heterocycles. The summed E-state index contributed by atoms with van der Waals surface area (Å²) >= 11 is 1.65. The Balaban J connectivity index is 1.32. The maximum absolute atomic E-state index is 5.49. The zero-order chi connectivity index (χ0) is 22.9. The predicted molar refractivity (Wildman–Crippen MR) is 140 cm³/mol. The Morgan fingerprint density at radius 1 is 1.03 bits per heavy atom. The largest absolute Gasteiger partial charge is 0.378 e. The maximum Gasteiger partial charge on any atom is 0.229 e. The van der Waals surface area contributed by atoms with E-state index in [2.05, 4.69) is 65.0 Å². The number of fused-ring (bicyclic) bond motifs is 1.